The lowest BCUT2D eigenvalue weighted by Gasteiger charge is -2.22. The van der Waals surface area contributed by atoms with Gasteiger partial charge in [0.05, 0.1) is 45.8 Å². The van der Waals surface area contributed by atoms with Gasteiger partial charge in [-0.15, -0.1) is 0 Å². The predicted octanol–water partition coefficient (Wildman–Crippen LogP) is -1.60. The molecule has 4 N–H and O–H groups in total. The minimum absolute atomic E-state index is 0.0681. The van der Waals surface area contributed by atoms with Gasteiger partial charge in [-0.2, -0.15) is 0 Å². The van der Waals surface area contributed by atoms with Crippen molar-refractivity contribution in [3.05, 3.63) is 0 Å². The van der Waals surface area contributed by atoms with Crippen LogP contribution in [0.15, 0.2) is 0 Å². The maximum absolute atomic E-state index is 12.2. The Labute approximate surface area is 123 Å². The second-order valence-electron chi connectivity index (χ2n) is 4.03. The Morgan fingerprint density at radius 1 is 0.905 bits per heavy atom. The van der Waals surface area contributed by atoms with Crippen molar-refractivity contribution in [2.45, 2.75) is 6.42 Å². The highest BCUT2D eigenvalue weighted by Crippen LogP contribution is 2.48. The molecule has 0 aromatic carbocycles. The van der Waals surface area contributed by atoms with Gasteiger partial charge < -0.3 is 34.4 Å². The van der Waals surface area contributed by atoms with E-state index in [4.69, 9.17) is 29.5 Å². The Morgan fingerprint density at radius 2 is 1.38 bits per heavy atom. The molecule has 0 fully saturated rings. The van der Waals surface area contributed by atoms with Gasteiger partial charge in [0, 0.05) is 19.5 Å². The number of carbonyl (C=O) groups excluding carboxylic acids is 1. The molecule has 0 bridgehead atoms. The van der Waals surface area contributed by atoms with E-state index in [1.807, 2.05) is 0 Å². The highest BCUT2D eigenvalue weighted by atomic mass is 31.2. The molecule has 1 amide bonds. The fraction of sp³-hybridized carbons (Fsp3) is 0.909. The molecule has 0 atom stereocenters. The Balaban J connectivity index is 4.49. The third-order valence-corrected chi connectivity index (χ3v) is 4.37. The highest BCUT2D eigenvalue weighted by molar-refractivity contribution is 7.53. The zero-order valence-corrected chi connectivity index (χ0v) is 12.8. The van der Waals surface area contributed by atoms with Crippen molar-refractivity contribution in [2.24, 2.45) is 0 Å². The van der Waals surface area contributed by atoms with Gasteiger partial charge in [-0.25, -0.2) is 0 Å². The number of nitrogens with zero attached hydrogens (tertiary/aromatic N) is 1. The van der Waals surface area contributed by atoms with E-state index in [2.05, 4.69) is 0 Å². The minimum atomic E-state index is -3.58. The van der Waals surface area contributed by atoms with Crippen molar-refractivity contribution >= 4 is 13.5 Å². The number of amides is 1. The molecule has 126 valence electrons. The SMILES string of the molecule is O=C(CCP(=O)(OCCO)OCCO)N(CCO)CCO. The summed E-state index contributed by atoms with van der Waals surface area (Å²) in [6.45, 7) is -1.45. The van der Waals surface area contributed by atoms with Crippen LogP contribution in [0.2, 0.25) is 0 Å². The van der Waals surface area contributed by atoms with E-state index in [1.165, 1.54) is 4.90 Å². The molecule has 9 nitrogen and oxygen atoms in total. The van der Waals surface area contributed by atoms with Crippen LogP contribution in [0.5, 0.6) is 0 Å². The molecule has 21 heavy (non-hydrogen) atoms. The number of rotatable bonds is 13. The quantitative estimate of drug-likeness (QED) is 0.297. The van der Waals surface area contributed by atoms with Crippen LogP contribution in [0.25, 0.3) is 0 Å². The minimum Gasteiger partial charge on any atom is -0.395 e. The molecule has 0 aliphatic carbocycles. The van der Waals surface area contributed by atoms with Gasteiger partial charge in [0.2, 0.25) is 5.91 Å². The van der Waals surface area contributed by atoms with Gasteiger partial charge in [-0.1, -0.05) is 0 Å². The molecule has 0 spiro atoms. The number of hydrogen-bond acceptors (Lipinski definition) is 8. The van der Waals surface area contributed by atoms with Gasteiger partial charge in [0.25, 0.3) is 0 Å². The number of hydrogen-bond donors (Lipinski definition) is 4. The lowest BCUT2D eigenvalue weighted by atomic mass is 10.4. The Hall–Kier alpha value is -0.540. The van der Waals surface area contributed by atoms with Crippen molar-refractivity contribution in [1.82, 2.24) is 4.90 Å². The van der Waals surface area contributed by atoms with Gasteiger partial charge >= 0.3 is 7.60 Å². The van der Waals surface area contributed by atoms with Crippen molar-refractivity contribution < 1.29 is 38.8 Å². The lowest BCUT2D eigenvalue weighted by molar-refractivity contribution is -0.131. The summed E-state index contributed by atoms with van der Waals surface area (Å²) in [7, 11) is -3.58. The topological polar surface area (TPSA) is 137 Å². The molecule has 0 saturated carbocycles. The molecule has 0 unspecified atom stereocenters. The molecule has 0 saturated heterocycles. The summed E-state index contributed by atoms with van der Waals surface area (Å²) >= 11 is 0. The van der Waals surface area contributed by atoms with Crippen LogP contribution in [0.4, 0.5) is 0 Å². The van der Waals surface area contributed by atoms with Crippen molar-refractivity contribution in [2.75, 3.05) is 58.9 Å². The Kier molecular flexibility index (Phi) is 11.7. The molecule has 0 aromatic rings. The van der Waals surface area contributed by atoms with Crippen LogP contribution in [-0.2, 0) is 18.4 Å². The van der Waals surface area contributed by atoms with Crippen molar-refractivity contribution in [3.63, 3.8) is 0 Å². The van der Waals surface area contributed by atoms with E-state index >= 15 is 0 Å². The smallest absolute Gasteiger partial charge is 0.331 e. The van der Waals surface area contributed by atoms with Gasteiger partial charge in [-0.05, 0) is 0 Å². The lowest BCUT2D eigenvalue weighted by Crippen LogP contribution is -2.36. The molecule has 0 heterocycles. The molecular formula is C11H24NO8P. The molecular weight excluding hydrogens is 305 g/mol. The Bertz CT molecular complexity index is 309. The number of aliphatic hydroxyl groups is 4. The summed E-state index contributed by atoms with van der Waals surface area (Å²) in [4.78, 5) is 13.1. The van der Waals surface area contributed by atoms with Gasteiger partial charge in [-0.3, -0.25) is 9.36 Å². The zero-order valence-electron chi connectivity index (χ0n) is 11.9. The van der Waals surface area contributed by atoms with Crippen LogP contribution in [0.3, 0.4) is 0 Å². The van der Waals surface area contributed by atoms with E-state index in [-0.39, 0.29) is 65.3 Å². The second-order valence-corrected chi connectivity index (χ2v) is 6.21. The third kappa shape index (κ3) is 9.15. The van der Waals surface area contributed by atoms with Gasteiger partial charge in [0.15, 0.2) is 0 Å². The standard InChI is InChI=1S/C11H24NO8P/c13-4-2-12(3-5-14)11(17)1-10-21(18,19-8-6-15)20-9-7-16/h13-16H,1-10H2. The van der Waals surface area contributed by atoms with Crippen LogP contribution < -0.4 is 0 Å². The highest BCUT2D eigenvalue weighted by Gasteiger charge is 2.26. The summed E-state index contributed by atoms with van der Waals surface area (Å²) in [6, 6.07) is 0. The summed E-state index contributed by atoms with van der Waals surface area (Å²) in [5, 5.41) is 35.0. The van der Waals surface area contributed by atoms with Crippen LogP contribution in [0, 0.1) is 0 Å². The number of carbonyl (C=O) groups is 1. The first-order chi connectivity index (χ1) is 10.0. The average Bonchev–Trinajstić information content (AvgIpc) is 2.48. The first-order valence-electron chi connectivity index (χ1n) is 6.62. The summed E-state index contributed by atoms with van der Waals surface area (Å²) in [5.74, 6) is -0.404. The Morgan fingerprint density at radius 3 is 1.76 bits per heavy atom. The van der Waals surface area contributed by atoms with Crippen molar-refractivity contribution in [1.29, 1.82) is 0 Å². The van der Waals surface area contributed by atoms with E-state index in [0.29, 0.717) is 0 Å². The maximum Gasteiger partial charge on any atom is 0.331 e. The molecule has 0 radical (unpaired) electrons. The fourth-order valence-electron chi connectivity index (χ4n) is 1.52. The predicted molar refractivity (Wildman–Crippen MR) is 73.9 cm³/mol. The monoisotopic (exact) mass is 329 g/mol. The second kappa shape index (κ2) is 12.0. The maximum atomic E-state index is 12.2. The molecule has 0 aliphatic rings. The van der Waals surface area contributed by atoms with Crippen molar-refractivity contribution in [3.8, 4) is 0 Å². The average molecular weight is 329 g/mol. The largest absolute Gasteiger partial charge is 0.395 e. The normalized spacial score (nSPS) is 11.6. The van der Waals surface area contributed by atoms with Crippen LogP contribution >= 0.6 is 7.60 Å². The first kappa shape index (κ1) is 20.5. The third-order valence-electron chi connectivity index (χ3n) is 2.45. The zero-order chi connectivity index (χ0) is 16.1. The van der Waals surface area contributed by atoms with E-state index in [1.54, 1.807) is 0 Å². The van der Waals surface area contributed by atoms with Crippen LogP contribution in [-0.4, -0.2) is 90.1 Å². The molecule has 10 heteroatoms. The first-order valence-corrected chi connectivity index (χ1v) is 8.35. The fourth-order valence-corrected chi connectivity index (χ4v) is 3.04. The molecule has 0 aromatic heterocycles. The van der Waals surface area contributed by atoms with E-state index < -0.39 is 13.5 Å². The summed E-state index contributed by atoms with van der Waals surface area (Å²) in [5.41, 5.74) is 0. The number of aliphatic hydroxyl groups excluding tert-OH is 4. The van der Waals surface area contributed by atoms with E-state index in [9.17, 15) is 9.36 Å². The molecule has 0 aliphatic heterocycles. The summed E-state index contributed by atoms with van der Waals surface area (Å²) < 4.78 is 22.1. The van der Waals surface area contributed by atoms with Gasteiger partial charge in [0.1, 0.15) is 0 Å². The van der Waals surface area contributed by atoms with E-state index in [0.717, 1.165) is 0 Å². The van der Waals surface area contributed by atoms with Crippen LogP contribution in [0.1, 0.15) is 6.42 Å². The summed E-state index contributed by atoms with van der Waals surface area (Å²) in [6.07, 6.45) is -0.368. The molecule has 0 rings (SSSR count).